The van der Waals surface area contributed by atoms with Gasteiger partial charge in [-0.3, -0.25) is 14.4 Å². The van der Waals surface area contributed by atoms with Crippen LogP contribution in [-0.2, 0) is 28.6 Å². The highest BCUT2D eigenvalue weighted by Crippen LogP contribution is 2.70. The Labute approximate surface area is 231 Å². The number of fused-ring (bicyclic) bond motifs is 7. The summed E-state index contributed by atoms with van der Waals surface area (Å²) in [5.41, 5.74) is -1.19. The molecule has 6 rings (SSSR count). The minimum atomic E-state index is -1.25. The minimum absolute atomic E-state index is 0.0162. The smallest absolute Gasteiger partial charge is 0.308 e. The van der Waals surface area contributed by atoms with E-state index in [4.69, 9.17) is 14.2 Å². The number of allylic oxidation sites excluding steroid dienone is 4. The molecule has 1 N–H and O–H groups in total. The first kappa shape index (κ1) is 27.3. The van der Waals surface area contributed by atoms with Gasteiger partial charge in [-0.2, -0.15) is 0 Å². The van der Waals surface area contributed by atoms with Crippen molar-refractivity contribution >= 4 is 17.5 Å². The Morgan fingerprint density at radius 3 is 2.62 bits per heavy atom. The van der Waals surface area contributed by atoms with Crippen LogP contribution in [0.4, 0.5) is 0 Å². The summed E-state index contributed by atoms with van der Waals surface area (Å²) >= 11 is 0. The maximum atomic E-state index is 14.2. The van der Waals surface area contributed by atoms with Crippen LogP contribution in [0.5, 0.6) is 0 Å². The molecule has 0 spiro atoms. The lowest BCUT2D eigenvalue weighted by molar-refractivity contribution is -0.210. The number of Topliss-reactive ketones (excluding diaryl/α,β-unsaturated/α-hetero) is 1. The zero-order valence-corrected chi connectivity index (χ0v) is 23.8. The van der Waals surface area contributed by atoms with Crippen molar-refractivity contribution in [3.63, 3.8) is 0 Å². The van der Waals surface area contributed by atoms with E-state index in [0.717, 1.165) is 44.1 Å². The Morgan fingerprint density at radius 2 is 1.90 bits per heavy atom. The van der Waals surface area contributed by atoms with E-state index in [9.17, 15) is 19.5 Å². The van der Waals surface area contributed by atoms with Gasteiger partial charge in [0.2, 0.25) is 5.78 Å². The molecule has 6 aliphatic rings. The van der Waals surface area contributed by atoms with Crippen LogP contribution in [0, 0.1) is 40.4 Å². The summed E-state index contributed by atoms with van der Waals surface area (Å²) in [5.74, 6) is -0.471. The molecule has 1 heterocycles. The molecule has 0 aromatic carbocycles. The Kier molecular flexibility index (Phi) is 6.75. The molecule has 0 aromatic heterocycles. The van der Waals surface area contributed by atoms with Crippen LogP contribution in [0.2, 0.25) is 0 Å². The highest BCUT2D eigenvalue weighted by atomic mass is 16.7. The molecule has 1 aliphatic heterocycles. The molecule has 1 saturated heterocycles. The van der Waals surface area contributed by atoms with Crippen molar-refractivity contribution in [3.8, 4) is 0 Å². The van der Waals surface area contributed by atoms with Gasteiger partial charge in [0.15, 0.2) is 24.3 Å². The first-order valence-electron chi connectivity index (χ1n) is 15.2. The second-order valence-corrected chi connectivity index (χ2v) is 13.9. The fraction of sp³-hybridized carbons (Fsp3) is 0.781. The van der Waals surface area contributed by atoms with Crippen LogP contribution >= 0.6 is 0 Å². The Bertz CT molecular complexity index is 1100. The van der Waals surface area contributed by atoms with Crippen molar-refractivity contribution in [2.75, 3.05) is 6.61 Å². The number of hydrogen-bond donors (Lipinski definition) is 1. The number of ketones is 2. The number of ether oxygens (including phenoxy) is 3. The van der Waals surface area contributed by atoms with Crippen molar-refractivity contribution in [3.05, 3.63) is 23.8 Å². The van der Waals surface area contributed by atoms with Gasteiger partial charge in [0.1, 0.15) is 0 Å². The predicted molar refractivity (Wildman–Crippen MR) is 143 cm³/mol. The van der Waals surface area contributed by atoms with E-state index in [1.807, 2.05) is 6.08 Å². The molecule has 4 saturated carbocycles. The van der Waals surface area contributed by atoms with Gasteiger partial charge in [0.05, 0.1) is 18.1 Å². The molecular weight excluding hydrogens is 496 g/mol. The zero-order valence-electron chi connectivity index (χ0n) is 23.8. The summed E-state index contributed by atoms with van der Waals surface area (Å²) in [6.45, 7) is 7.44. The van der Waals surface area contributed by atoms with Crippen LogP contribution in [0.15, 0.2) is 23.8 Å². The van der Waals surface area contributed by atoms with Crippen molar-refractivity contribution in [1.29, 1.82) is 0 Å². The summed E-state index contributed by atoms with van der Waals surface area (Å²) in [4.78, 5) is 38.7. The lowest BCUT2D eigenvalue weighted by Crippen LogP contribution is -2.63. The Hall–Kier alpha value is -1.83. The van der Waals surface area contributed by atoms with E-state index in [1.165, 1.54) is 6.42 Å². The molecule has 9 atom stereocenters. The highest BCUT2D eigenvalue weighted by molar-refractivity contribution is 6.01. The molecule has 7 nitrogen and oxygen atoms in total. The second kappa shape index (κ2) is 9.63. The van der Waals surface area contributed by atoms with Crippen LogP contribution in [-0.4, -0.2) is 53.3 Å². The third-order valence-electron chi connectivity index (χ3n) is 11.5. The first-order valence-corrected chi connectivity index (χ1v) is 15.2. The van der Waals surface area contributed by atoms with E-state index in [1.54, 1.807) is 26.0 Å². The highest BCUT2D eigenvalue weighted by Gasteiger charge is 2.76. The first-order chi connectivity index (χ1) is 18.5. The quantitative estimate of drug-likeness (QED) is 0.505. The predicted octanol–water partition coefficient (Wildman–Crippen LogP) is 4.70. The van der Waals surface area contributed by atoms with Gasteiger partial charge >= 0.3 is 5.97 Å². The van der Waals surface area contributed by atoms with Crippen LogP contribution in [0.1, 0.15) is 85.5 Å². The van der Waals surface area contributed by atoms with Gasteiger partial charge in [0, 0.05) is 22.7 Å². The molecule has 0 amide bonds. The third kappa shape index (κ3) is 3.97. The van der Waals surface area contributed by atoms with Gasteiger partial charge in [-0.15, -0.1) is 0 Å². The van der Waals surface area contributed by atoms with Gasteiger partial charge in [-0.25, -0.2) is 0 Å². The zero-order chi connectivity index (χ0) is 27.7. The topological polar surface area (TPSA) is 99.1 Å². The average molecular weight is 541 g/mol. The van der Waals surface area contributed by atoms with E-state index >= 15 is 0 Å². The lowest BCUT2D eigenvalue weighted by Gasteiger charge is -2.59. The molecule has 0 aromatic rings. The average Bonchev–Trinajstić information content (AvgIpc) is 3.41. The van der Waals surface area contributed by atoms with Gasteiger partial charge in [-0.05, 0) is 62.5 Å². The van der Waals surface area contributed by atoms with E-state index in [-0.39, 0.29) is 53.2 Å². The summed E-state index contributed by atoms with van der Waals surface area (Å²) in [7, 11) is 0. The molecule has 7 heteroatoms. The lowest BCUT2D eigenvalue weighted by atomic mass is 9.46. The SMILES string of the molecule is CC(C)C(=O)OCC(=O)[C@@]12O[C@@H](C3CCCCC3)O[C@H]1C[C@H]1[C@@H]3CCC4=CC(=O)C=C[C@]4(C)[C@@H]3[C@@H](O)C[C@@]12C. The Morgan fingerprint density at radius 1 is 1.15 bits per heavy atom. The summed E-state index contributed by atoms with van der Waals surface area (Å²) in [5, 5.41) is 11.9. The fourth-order valence-corrected chi connectivity index (χ4v) is 9.62. The molecule has 5 aliphatic carbocycles. The number of rotatable bonds is 5. The van der Waals surface area contributed by atoms with Gasteiger partial charge < -0.3 is 19.3 Å². The fourth-order valence-electron chi connectivity index (χ4n) is 9.62. The van der Waals surface area contributed by atoms with Crippen molar-refractivity contribution < 1.29 is 33.7 Å². The largest absolute Gasteiger partial charge is 0.457 e. The van der Waals surface area contributed by atoms with E-state index in [2.05, 4.69) is 13.8 Å². The minimum Gasteiger partial charge on any atom is -0.457 e. The number of aliphatic hydroxyl groups is 1. The van der Waals surface area contributed by atoms with Crippen molar-refractivity contribution in [2.24, 2.45) is 40.4 Å². The number of carbonyl (C=O) groups excluding carboxylic acids is 3. The van der Waals surface area contributed by atoms with Crippen molar-refractivity contribution in [2.45, 2.75) is 110 Å². The summed E-state index contributed by atoms with van der Waals surface area (Å²) in [6.07, 6.45) is 12.2. The molecule has 0 bridgehead atoms. The number of aliphatic hydroxyl groups excluding tert-OH is 1. The molecule has 39 heavy (non-hydrogen) atoms. The molecule has 0 radical (unpaired) electrons. The summed E-state index contributed by atoms with van der Waals surface area (Å²) < 4.78 is 19.0. The molecule has 214 valence electrons. The normalized spacial score (nSPS) is 45.3. The Balaban J connectivity index is 1.35. The molecule has 5 fully saturated rings. The summed E-state index contributed by atoms with van der Waals surface area (Å²) in [6, 6.07) is 0. The van der Waals surface area contributed by atoms with E-state index in [0.29, 0.717) is 12.8 Å². The number of carbonyl (C=O) groups is 3. The molecule has 0 unspecified atom stereocenters. The molecular formula is C32H44O7. The number of esters is 1. The third-order valence-corrected chi connectivity index (χ3v) is 11.5. The standard InChI is InChI=1S/C32H44O7/c1-18(2)28(36)37-17-25(35)32-26(38-29(39-32)19-8-6-5-7-9-19)15-23-22-11-10-20-14-21(33)12-13-30(20,3)27(22)24(34)16-31(23,32)4/h12-14,18-19,22-24,26-27,29,34H,5-11,15-17H2,1-4H3/t22-,23-,24-,26-,27-,29-,30-,31-,32+/m0/s1. The van der Waals surface area contributed by atoms with Gasteiger partial charge in [0.25, 0.3) is 0 Å². The van der Waals surface area contributed by atoms with Crippen LogP contribution < -0.4 is 0 Å². The van der Waals surface area contributed by atoms with Crippen LogP contribution in [0.3, 0.4) is 0 Å². The second-order valence-electron chi connectivity index (χ2n) is 13.9. The van der Waals surface area contributed by atoms with Crippen molar-refractivity contribution in [1.82, 2.24) is 0 Å². The van der Waals surface area contributed by atoms with E-state index < -0.39 is 35.5 Å². The number of hydrogen-bond acceptors (Lipinski definition) is 7. The van der Waals surface area contributed by atoms with Crippen LogP contribution in [0.25, 0.3) is 0 Å². The monoisotopic (exact) mass is 540 g/mol. The van der Waals surface area contributed by atoms with Gasteiger partial charge in [-0.1, -0.05) is 58.6 Å². The maximum Gasteiger partial charge on any atom is 0.308 e. The maximum absolute atomic E-state index is 14.2.